The second-order valence-electron chi connectivity index (χ2n) is 4.95. The molecule has 0 bridgehead atoms. The molecule has 0 fully saturated rings. The lowest BCUT2D eigenvalue weighted by atomic mass is 10.1. The highest BCUT2D eigenvalue weighted by molar-refractivity contribution is 7.99. The lowest BCUT2D eigenvalue weighted by Gasteiger charge is -2.11. The number of thioether (sulfide) groups is 1. The van der Waals surface area contributed by atoms with Gasteiger partial charge < -0.3 is 5.32 Å². The largest absolute Gasteiger partial charge is 0.313 e. The third-order valence-corrected chi connectivity index (χ3v) is 4.42. The highest BCUT2D eigenvalue weighted by atomic mass is 32.2. The van der Waals surface area contributed by atoms with Gasteiger partial charge in [-0.1, -0.05) is 25.1 Å². The van der Waals surface area contributed by atoms with E-state index in [1.54, 1.807) is 0 Å². The average Bonchev–Trinajstić information content (AvgIpc) is 2.42. The molecule has 2 rings (SSSR count). The van der Waals surface area contributed by atoms with E-state index in [9.17, 15) is 0 Å². The lowest BCUT2D eigenvalue weighted by Crippen LogP contribution is -2.18. The normalized spacial score (nSPS) is 12.8. The van der Waals surface area contributed by atoms with Gasteiger partial charge in [-0.05, 0) is 43.8 Å². The number of nitrogens with one attached hydrogen (secondary N) is 1. The van der Waals surface area contributed by atoms with E-state index in [-0.39, 0.29) is 0 Å². The van der Waals surface area contributed by atoms with Gasteiger partial charge >= 0.3 is 0 Å². The van der Waals surface area contributed by atoms with Gasteiger partial charge in [0.1, 0.15) is 0 Å². The number of para-hydroxylation sites is 1. The third kappa shape index (κ3) is 3.95. The first kappa shape index (κ1) is 14.4. The smallest absolute Gasteiger partial charge is 0.0708 e. The van der Waals surface area contributed by atoms with Gasteiger partial charge in [0.15, 0.2) is 0 Å². The molecule has 19 heavy (non-hydrogen) atoms. The van der Waals surface area contributed by atoms with E-state index in [4.69, 9.17) is 0 Å². The van der Waals surface area contributed by atoms with E-state index in [0.717, 1.165) is 29.6 Å². The van der Waals surface area contributed by atoms with E-state index >= 15 is 0 Å². The number of pyridine rings is 1. The van der Waals surface area contributed by atoms with Crippen LogP contribution in [0.5, 0.6) is 0 Å². The minimum absolute atomic E-state index is 0.725. The fourth-order valence-electron chi connectivity index (χ4n) is 2.19. The standard InChI is InChI=1S/C16H22N2S/c1-12-10-14(11-17-9-8-13(2)19-3)15-6-4-5-7-16(15)18-12/h4-7,10,13,17H,8-9,11H2,1-3H3. The van der Waals surface area contributed by atoms with Crippen LogP contribution in [0.1, 0.15) is 24.6 Å². The molecule has 0 saturated heterocycles. The zero-order chi connectivity index (χ0) is 13.7. The Morgan fingerprint density at radius 1 is 1.32 bits per heavy atom. The van der Waals surface area contributed by atoms with Crippen LogP contribution in [0, 0.1) is 6.92 Å². The number of fused-ring (bicyclic) bond motifs is 1. The molecule has 102 valence electrons. The summed E-state index contributed by atoms with van der Waals surface area (Å²) in [6, 6.07) is 10.6. The maximum absolute atomic E-state index is 4.57. The summed E-state index contributed by atoms with van der Waals surface area (Å²) in [5, 5.41) is 5.53. The van der Waals surface area contributed by atoms with Crippen LogP contribution in [0.3, 0.4) is 0 Å². The number of nitrogens with zero attached hydrogens (tertiary/aromatic N) is 1. The number of aromatic nitrogens is 1. The number of aryl methyl sites for hydroxylation is 1. The van der Waals surface area contributed by atoms with Crippen LogP contribution >= 0.6 is 11.8 Å². The van der Waals surface area contributed by atoms with Gasteiger partial charge in [-0.2, -0.15) is 11.8 Å². The number of benzene rings is 1. The van der Waals surface area contributed by atoms with Crippen molar-refractivity contribution >= 4 is 22.7 Å². The summed E-state index contributed by atoms with van der Waals surface area (Å²) in [4.78, 5) is 4.57. The first-order valence-electron chi connectivity index (χ1n) is 6.79. The van der Waals surface area contributed by atoms with Crippen molar-refractivity contribution in [1.82, 2.24) is 10.3 Å². The SMILES string of the molecule is CSC(C)CCNCc1cc(C)nc2ccccc12. The summed E-state index contributed by atoms with van der Waals surface area (Å²) in [5.41, 5.74) is 3.53. The van der Waals surface area contributed by atoms with Crippen molar-refractivity contribution in [3.05, 3.63) is 41.6 Å². The zero-order valence-corrected chi connectivity index (χ0v) is 12.8. The molecular weight excluding hydrogens is 252 g/mol. The van der Waals surface area contributed by atoms with E-state index in [2.05, 4.69) is 54.7 Å². The van der Waals surface area contributed by atoms with Gasteiger partial charge in [-0.3, -0.25) is 4.98 Å². The van der Waals surface area contributed by atoms with Gasteiger partial charge in [0.2, 0.25) is 0 Å². The quantitative estimate of drug-likeness (QED) is 0.812. The first-order chi connectivity index (χ1) is 9.20. The molecule has 0 spiro atoms. The van der Waals surface area contributed by atoms with E-state index in [0.29, 0.717) is 0 Å². The van der Waals surface area contributed by atoms with Crippen LogP contribution in [0.4, 0.5) is 0 Å². The molecule has 1 heterocycles. The Morgan fingerprint density at radius 3 is 2.89 bits per heavy atom. The molecule has 0 aliphatic rings. The Hall–Kier alpha value is -1.06. The highest BCUT2D eigenvalue weighted by Crippen LogP contribution is 2.18. The zero-order valence-electron chi connectivity index (χ0n) is 11.9. The van der Waals surface area contributed by atoms with Crippen LogP contribution < -0.4 is 5.32 Å². The molecule has 2 nitrogen and oxygen atoms in total. The van der Waals surface area contributed by atoms with E-state index in [1.165, 1.54) is 17.4 Å². The summed E-state index contributed by atoms with van der Waals surface area (Å²) in [7, 11) is 0. The van der Waals surface area contributed by atoms with Gasteiger partial charge in [-0.25, -0.2) is 0 Å². The number of rotatable bonds is 6. The molecule has 0 radical (unpaired) electrons. The van der Waals surface area contributed by atoms with Gasteiger partial charge in [0, 0.05) is 22.9 Å². The van der Waals surface area contributed by atoms with E-state index in [1.807, 2.05) is 17.8 Å². The summed E-state index contributed by atoms with van der Waals surface area (Å²) >= 11 is 1.93. The third-order valence-electron chi connectivity index (χ3n) is 3.38. The fraction of sp³-hybridized carbons (Fsp3) is 0.438. The maximum atomic E-state index is 4.57. The predicted molar refractivity (Wildman–Crippen MR) is 85.8 cm³/mol. The topological polar surface area (TPSA) is 24.9 Å². The highest BCUT2D eigenvalue weighted by Gasteiger charge is 2.04. The molecule has 1 N–H and O–H groups in total. The Morgan fingerprint density at radius 2 is 2.11 bits per heavy atom. The van der Waals surface area contributed by atoms with Crippen molar-refractivity contribution in [3.8, 4) is 0 Å². The minimum Gasteiger partial charge on any atom is -0.313 e. The fourth-order valence-corrected chi connectivity index (χ4v) is 2.54. The summed E-state index contributed by atoms with van der Waals surface area (Å²) in [6.07, 6.45) is 3.38. The van der Waals surface area contributed by atoms with Gasteiger partial charge in [0.05, 0.1) is 5.52 Å². The van der Waals surface area contributed by atoms with Crippen molar-refractivity contribution in [2.75, 3.05) is 12.8 Å². The molecule has 0 saturated carbocycles. The molecule has 1 unspecified atom stereocenters. The van der Waals surface area contributed by atoms with Crippen molar-refractivity contribution in [2.45, 2.75) is 32.1 Å². The Kier molecular flexibility index (Phi) is 5.23. The van der Waals surface area contributed by atoms with Crippen LogP contribution in [-0.2, 0) is 6.54 Å². The molecule has 0 aliphatic carbocycles. The van der Waals surface area contributed by atoms with Gasteiger partial charge in [-0.15, -0.1) is 0 Å². The van der Waals surface area contributed by atoms with Gasteiger partial charge in [0.25, 0.3) is 0 Å². The molecule has 0 amide bonds. The average molecular weight is 274 g/mol. The number of hydrogen-bond acceptors (Lipinski definition) is 3. The predicted octanol–water partition coefficient (Wildman–Crippen LogP) is 3.77. The Labute approximate surface area is 120 Å². The van der Waals surface area contributed by atoms with Crippen molar-refractivity contribution in [1.29, 1.82) is 0 Å². The summed E-state index contributed by atoms with van der Waals surface area (Å²) < 4.78 is 0. The number of hydrogen-bond donors (Lipinski definition) is 1. The van der Waals surface area contributed by atoms with Crippen LogP contribution in [-0.4, -0.2) is 23.0 Å². The molecule has 3 heteroatoms. The van der Waals surface area contributed by atoms with Crippen molar-refractivity contribution < 1.29 is 0 Å². The molecule has 1 atom stereocenters. The first-order valence-corrected chi connectivity index (χ1v) is 8.08. The van der Waals surface area contributed by atoms with Crippen LogP contribution in [0.15, 0.2) is 30.3 Å². The Balaban J connectivity index is 2.04. The summed E-state index contributed by atoms with van der Waals surface area (Å²) in [5.74, 6) is 0. The van der Waals surface area contributed by atoms with Crippen molar-refractivity contribution in [2.24, 2.45) is 0 Å². The maximum Gasteiger partial charge on any atom is 0.0708 e. The monoisotopic (exact) mass is 274 g/mol. The minimum atomic E-state index is 0.725. The lowest BCUT2D eigenvalue weighted by molar-refractivity contribution is 0.649. The molecule has 1 aromatic carbocycles. The molecule has 0 aliphatic heterocycles. The van der Waals surface area contributed by atoms with Crippen LogP contribution in [0.25, 0.3) is 10.9 Å². The molecule has 2 aromatic rings. The second kappa shape index (κ2) is 6.92. The van der Waals surface area contributed by atoms with Crippen molar-refractivity contribution in [3.63, 3.8) is 0 Å². The van der Waals surface area contributed by atoms with Crippen LogP contribution in [0.2, 0.25) is 0 Å². The van der Waals surface area contributed by atoms with E-state index < -0.39 is 0 Å². The molecular formula is C16H22N2S. The summed E-state index contributed by atoms with van der Waals surface area (Å²) in [6.45, 7) is 6.33. The molecule has 1 aromatic heterocycles. The Bertz CT molecular complexity index is 539. The second-order valence-corrected chi connectivity index (χ2v) is 6.23.